The van der Waals surface area contributed by atoms with Crippen molar-refractivity contribution in [3.8, 4) is 0 Å². The first-order valence-electron chi connectivity index (χ1n) is 5.25. The van der Waals surface area contributed by atoms with Crippen LogP contribution in [-0.2, 0) is 4.79 Å². The van der Waals surface area contributed by atoms with Crippen molar-refractivity contribution in [3.63, 3.8) is 0 Å². The zero-order valence-corrected chi connectivity index (χ0v) is 10.4. The van der Waals surface area contributed by atoms with E-state index in [2.05, 4.69) is 15.6 Å². The number of aromatic nitrogens is 1. The van der Waals surface area contributed by atoms with Crippen LogP contribution >= 0.6 is 11.6 Å². The average Bonchev–Trinajstić information content (AvgIpc) is 2.29. The smallest absolute Gasteiger partial charge is 0.255 e. The Labute approximate surface area is 105 Å². The molecule has 1 aromatic heterocycles. The van der Waals surface area contributed by atoms with Gasteiger partial charge in [-0.1, -0.05) is 11.6 Å². The summed E-state index contributed by atoms with van der Waals surface area (Å²) in [4.78, 5) is 27.0. The highest BCUT2D eigenvalue weighted by molar-refractivity contribution is 6.32. The summed E-state index contributed by atoms with van der Waals surface area (Å²) in [5.41, 5.74) is 0.255. The van der Waals surface area contributed by atoms with Gasteiger partial charge in [-0.2, -0.15) is 0 Å². The normalized spacial score (nSPS) is 11.7. The van der Waals surface area contributed by atoms with E-state index in [-0.39, 0.29) is 16.6 Å². The molecular formula is C11H14ClN3O2. The fourth-order valence-corrected chi connectivity index (χ4v) is 1.43. The number of rotatable bonds is 4. The summed E-state index contributed by atoms with van der Waals surface area (Å²) < 4.78 is 0. The minimum Gasteiger partial charge on any atom is -0.355 e. The molecule has 0 aliphatic rings. The van der Waals surface area contributed by atoms with Crippen LogP contribution in [0.4, 0.5) is 0 Å². The Morgan fingerprint density at radius 3 is 2.82 bits per heavy atom. The molecule has 0 bridgehead atoms. The molecule has 0 saturated carbocycles. The molecule has 0 spiro atoms. The third-order valence-electron chi connectivity index (χ3n) is 2.10. The Balaban J connectivity index is 2.67. The summed E-state index contributed by atoms with van der Waals surface area (Å²) in [6, 6.07) is 2.55. The van der Waals surface area contributed by atoms with Crippen molar-refractivity contribution in [1.29, 1.82) is 0 Å². The van der Waals surface area contributed by atoms with Gasteiger partial charge in [-0.25, -0.2) is 4.98 Å². The number of carbonyl (C=O) groups is 2. The molecule has 0 fully saturated rings. The van der Waals surface area contributed by atoms with E-state index in [1.54, 1.807) is 19.1 Å². The summed E-state index contributed by atoms with van der Waals surface area (Å²) >= 11 is 5.77. The lowest BCUT2D eigenvalue weighted by molar-refractivity contribution is -0.122. The molecule has 0 aliphatic carbocycles. The first-order chi connectivity index (χ1) is 8.06. The summed E-state index contributed by atoms with van der Waals surface area (Å²) in [6.45, 7) is 3.93. The highest BCUT2D eigenvalue weighted by atomic mass is 35.5. The molecule has 1 aromatic rings. The van der Waals surface area contributed by atoms with Crippen molar-refractivity contribution in [3.05, 3.63) is 29.0 Å². The molecule has 0 saturated heterocycles. The number of nitrogens with one attached hydrogen (secondary N) is 2. The average molecular weight is 256 g/mol. The predicted octanol–water partition coefficient (Wildman–Crippen LogP) is 0.989. The molecule has 2 amide bonds. The van der Waals surface area contributed by atoms with Crippen LogP contribution in [0.1, 0.15) is 24.2 Å². The summed E-state index contributed by atoms with van der Waals surface area (Å²) in [7, 11) is 0. The van der Waals surface area contributed by atoms with Crippen LogP contribution in [0.2, 0.25) is 5.15 Å². The van der Waals surface area contributed by atoms with E-state index >= 15 is 0 Å². The minimum absolute atomic E-state index is 0.119. The Kier molecular flexibility index (Phi) is 4.90. The third kappa shape index (κ3) is 3.71. The van der Waals surface area contributed by atoms with Gasteiger partial charge >= 0.3 is 0 Å². The lowest BCUT2D eigenvalue weighted by Crippen LogP contribution is -2.44. The van der Waals surface area contributed by atoms with Crippen LogP contribution in [0.3, 0.4) is 0 Å². The summed E-state index contributed by atoms with van der Waals surface area (Å²) in [5, 5.41) is 5.28. The van der Waals surface area contributed by atoms with Gasteiger partial charge in [-0.05, 0) is 26.0 Å². The number of carbonyl (C=O) groups excluding carboxylic acids is 2. The second-order valence-electron chi connectivity index (χ2n) is 3.43. The van der Waals surface area contributed by atoms with Gasteiger partial charge in [0.05, 0.1) is 5.56 Å². The van der Waals surface area contributed by atoms with Crippen LogP contribution in [0, 0.1) is 0 Å². The zero-order valence-electron chi connectivity index (χ0n) is 9.66. The number of halogens is 1. The number of hydrogen-bond donors (Lipinski definition) is 2. The maximum Gasteiger partial charge on any atom is 0.255 e. The molecule has 2 N–H and O–H groups in total. The van der Waals surface area contributed by atoms with Gasteiger partial charge in [0, 0.05) is 12.7 Å². The molecule has 92 valence electrons. The van der Waals surface area contributed by atoms with Gasteiger partial charge in [0.15, 0.2) is 0 Å². The second kappa shape index (κ2) is 6.20. The van der Waals surface area contributed by atoms with Gasteiger partial charge < -0.3 is 10.6 Å². The van der Waals surface area contributed by atoms with Crippen LogP contribution in [-0.4, -0.2) is 29.4 Å². The lowest BCUT2D eigenvalue weighted by Gasteiger charge is -2.13. The third-order valence-corrected chi connectivity index (χ3v) is 2.40. The van der Waals surface area contributed by atoms with Crippen molar-refractivity contribution in [2.24, 2.45) is 0 Å². The molecule has 0 radical (unpaired) electrons. The zero-order chi connectivity index (χ0) is 12.8. The Bertz CT molecular complexity index is 423. The Morgan fingerprint density at radius 2 is 2.24 bits per heavy atom. The van der Waals surface area contributed by atoms with E-state index in [0.717, 1.165) is 0 Å². The molecule has 6 heteroatoms. The molecule has 1 atom stereocenters. The first kappa shape index (κ1) is 13.4. The first-order valence-corrected chi connectivity index (χ1v) is 5.63. The van der Waals surface area contributed by atoms with Crippen molar-refractivity contribution >= 4 is 23.4 Å². The molecule has 1 heterocycles. The Hall–Kier alpha value is -1.62. The fraction of sp³-hybridized carbons (Fsp3) is 0.364. The van der Waals surface area contributed by atoms with Crippen molar-refractivity contribution < 1.29 is 9.59 Å². The minimum atomic E-state index is -0.612. The highest BCUT2D eigenvalue weighted by Gasteiger charge is 2.17. The SMILES string of the molecule is CCNC(=O)C(C)NC(=O)c1cccnc1Cl. The molecule has 1 unspecified atom stereocenters. The molecule has 0 aromatic carbocycles. The number of likely N-dealkylation sites (N-methyl/N-ethyl adjacent to an activating group) is 1. The second-order valence-corrected chi connectivity index (χ2v) is 3.79. The standard InChI is InChI=1S/C11H14ClN3O2/c1-3-13-10(16)7(2)15-11(17)8-5-4-6-14-9(8)12/h4-7H,3H2,1-2H3,(H,13,16)(H,15,17). The molecule has 1 rings (SSSR count). The monoisotopic (exact) mass is 255 g/mol. The summed E-state index contributed by atoms with van der Waals surface area (Å²) in [6.07, 6.45) is 1.49. The van der Waals surface area contributed by atoms with Crippen LogP contribution in [0.25, 0.3) is 0 Å². The van der Waals surface area contributed by atoms with Crippen molar-refractivity contribution in [2.45, 2.75) is 19.9 Å². The van der Waals surface area contributed by atoms with Crippen molar-refractivity contribution in [1.82, 2.24) is 15.6 Å². The van der Waals surface area contributed by atoms with Gasteiger partial charge in [0.25, 0.3) is 5.91 Å². The number of amides is 2. The quantitative estimate of drug-likeness (QED) is 0.789. The van der Waals surface area contributed by atoms with Gasteiger partial charge in [-0.3, -0.25) is 9.59 Å². The maximum atomic E-state index is 11.8. The molecule has 5 nitrogen and oxygen atoms in total. The van der Waals surface area contributed by atoms with Crippen molar-refractivity contribution in [2.75, 3.05) is 6.54 Å². The lowest BCUT2D eigenvalue weighted by atomic mass is 10.2. The molecule has 17 heavy (non-hydrogen) atoms. The number of pyridine rings is 1. The van der Waals surface area contributed by atoms with Gasteiger partial charge in [0.2, 0.25) is 5.91 Å². The molecule has 0 aliphatic heterocycles. The van der Waals surface area contributed by atoms with Crippen LogP contribution in [0.5, 0.6) is 0 Å². The number of hydrogen-bond acceptors (Lipinski definition) is 3. The van der Waals surface area contributed by atoms with Gasteiger partial charge in [-0.15, -0.1) is 0 Å². The van der Waals surface area contributed by atoms with Crippen LogP contribution in [0.15, 0.2) is 18.3 Å². The Morgan fingerprint density at radius 1 is 1.53 bits per heavy atom. The van der Waals surface area contributed by atoms with E-state index in [4.69, 9.17) is 11.6 Å². The van der Waals surface area contributed by atoms with E-state index in [0.29, 0.717) is 6.54 Å². The van der Waals surface area contributed by atoms with Crippen LogP contribution < -0.4 is 10.6 Å². The largest absolute Gasteiger partial charge is 0.355 e. The maximum absolute atomic E-state index is 11.8. The number of nitrogens with zero attached hydrogens (tertiary/aromatic N) is 1. The molecular weight excluding hydrogens is 242 g/mol. The van der Waals surface area contributed by atoms with E-state index in [1.165, 1.54) is 6.20 Å². The van der Waals surface area contributed by atoms with E-state index in [9.17, 15) is 9.59 Å². The fourth-order valence-electron chi connectivity index (χ4n) is 1.22. The van der Waals surface area contributed by atoms with E-state index in [1.807, 2.05) is 6.92 Å². The predicted molar refractivity (Wildman–Crippen MR) is 64.9 cm³/mol. The summed E-state index contributed by atoms with van der Waals surface area (Å²) in [5.74, 6) is -0.650. The highest BCUT2D eigenvalue weighted by Crippen LogP contribution is 2.11. The van der Waals surface area contributed by atoms with Gasteiger partial charge in [0.1, 0.15) is 11.2 Å². The van der Waals surface area contributed by atoms with E-state index < -0.39 is 11.9 Å². The topological polar surface area (TPSA) is 71.1 Å².